The molecule has 28 heavy (non-hydrogen) atoms. The number of nitrogens with one attached hydrogen (secondary N) is 1. The quantitative estimate of drug-likeness (QED) is 0.845. The molecule has 1 aromatic heterocycles. The second-order valence-corrected chi connectivity index (χ2v) is 7.16. The lowest BCUT2D eigenvalue weighted by atomic mass is 9.92. The van der Waals surface area contributed by atoms with E-state index in [1.807, 2.05) is 0 Å². The summed E-state index contributed by atoms with van der Waals surface area (Å²) >= 11 is 0. The first-order valence-corrected chi connectivity index (χ1v) is 9.39. The molecule has 1 saturated heterocycles. The second kappa shape index (κ2) is 8.91. The first-order chi connectivity index (χ1) is 13.4. The van der Waals surface area contributed by atoms with Crippen molar-refractivity contribution in [2.45, 2.75) is 32.6 Å². The van der Waals surface area contributed by atoms with Crippen LogP contribution in [0, 0.1) is 24.5 Å². The van der Waals surface area contributed by atoms with Crippen molar-refractivity contribution in [3.05, 3.63) is 59.4 Å². The lowest BCUT2D eigenvalue weighted by molar-refractivity contribution is -0.116. The number of likely N-dealkylation sites (tertiary alicyclic amines) is 1. The van der Waals surface area contributed by atoms with Crippen LogP contribution in [0.2, 0.25) is 0 Å². The van der Waals surface area contributed by atoms with E-state index in [1.54, 1.807) is 17.9 Å². The Morgan fingerprint density at radius 2 is 2.11 bits per heavy atom. The summed E-state index contributed by atoms with van der Waals surface area (Å²) in [6.45, 7) is 2.82. The minimum atomic E-state index is -0.622. The van der Waals surface area contributed by atoms with Crippen molar-refractivity contribution in [3.63, 3.8) is 0 Å². The average molecular weight is 387 g/mol. The van der Waals surface area contributed by atoms with Crippen molar-refractivity contribution in [3.8, 4) is 0 Å². The topological polar surface area (TPSA) is 62.3 Å². The molecule has 0 bridgehead atoms. The Labute approximate surface area is 162 Å². The van der Waals surface area contributed by atoms with Crippen LogP contribution in [0.5, 0.6) is 0 Å². The molecule has 3 rings (SSSR count). The van der Waals surface area contributed by atoms with E-state index in [0.717, 1.165) is 19.0 Å². The number of amides is 2. The van der Waals surface area contributed by atoms with Crippen molar-refractivity contribution in [2.24, 2.45) is 5.92 Å². The van der Waals surface area contributed by atoms with E-state index in [0.29, 0.717) is 37.2 Å². The average Bonchev–Trinajstić information content (AvgIpc) is 2.69. The molecule has 1 aliphatic heterocycles. The summed E-state index contributed by atoms with van der Waals surface area (Å²) in [5.41, 5.74) is 1.29. The Kier molecular flexibility index (Phi) is 6.34. The van der Waals surface area contributed by atoms with Gasteiger partial charge in [0.25, 0.3) is 5.91 Å². The van der Waals surface area contributed by atoms with Gasteiger partial charge in [-0.15, -0.1) is 0 Å². The van der Waals surface area contributed by atoms with Crippen LogP contribution >= 0.6 is 0 Å². The second-order valence-electron chi connectivity index (χ2n) is 7.16. The van der Waals surface area contributed by atoms with E-state index < -0.39 is 5.82 Å². The highest BCUT2D eigenvalue weighted by Gasteiger charge is 2.26. The molecule has 7 heteroatoms. The number of aryl methyl sites for hydroxylation is 1. The normalized spacial score (nSPS) is 16.7. The van der Waals surface area contributed by atoms with Gasteiger partial charge in [0.1, 0.15) is 5.82 Å². The van der Waals surface area contributed by atoms with E-state index in [4.69, 9.17) is 0 Å². The van der Waals surface area contributed by atoms with Crippen molar-refractivity contribution >= 4 is 17.5 Å². The van der Waals surface area contributed by atoms with Gasteiger partial charge in [0.2, 0.25) is 5.91 Å². The van der Waals surface area contributed by atoms with Crippen LogP contribution < -0.4 is 5.32 Å². The van der Waals surface area contributed by atoms with Crippen LogP contribution in [0.3, 0.4) is 0 Å². The lowest BCUT2D eigenvalue weighted by Gasteiger charge is -2.33. The summed E-state index contributed by atoms with van der Waals surface area (Å²) < 4.78 is 27.0. The van der Waals surface area contributed by atoms with Crippen molar-refractivity contribution in [1.29, 1.82) is 0 Å². The third-order valence-corrected chi connectivity index (χ3v) is 5.05. The van der Waals surface area contributed by atoms with Crippen LogP contribution in [0.4, 0.5) is 14.5 Å². The van der Waals surface area contributed by atoms with Crippen LogP contribution in [-0.4, -0.2) is 34.8 Å². The van der Waals surface area contributed by atoms with Gasteiger partial charge in [-0.2, -0.15) is 0 Å². The molecular formula is C21H23F2N3O2. The van der Waals surface area contributed by atoms with Crippen LogP contribution in [0.1, 0.15) is 41.6 Å². The first-order valence-electron chi connectivity index (χ1n) is 9.39. The highest BCUT2D eigenvalue weighted by atomic mass is 19.1. The van der Waals surface area contributed by atoms with E-state index in [2.05, 4.69) is 10.3 Å². The first kappa shape index (κ1) is 19.9. The molecule has 0 spiro atoms. The summed E-state index contributed by atoms with van der Waals surface area (Å²) in [4.78, 5) is 30.1. The zero-order valence-electron chi connectivity index (χ0n) is 15.8. The molecule has 1 aliphatic rings. The monoisotopic (exact) mass is 387 g/mol. The van der Waals surface area contributed by atoms with E-state index in [-0.39, 0.29) is 29.1 Å². The van der Waals surface area contributed by atoms with Gasteiger partial charge >= 0.3 is 0 Å². The van der Waals surface area contributed by atoms with Crippen LogP contribution in [-0.2, 0) is 4.79 Å². The van der Waals surface area contributed by atoms with Crippen LogP contribution in [0.25, 0.3) is 0 Å². The standard InChI is InChI=1S/C21H23F2N3O2/c1-14-11-16(22)5-6-19(14)25-20(27)7-4-15-3-2-10-26(13-15)21(28)17-8-9-24-12-18(17)23/h5-6,8-9,11-12,15H,2-4,7,10,13H2,1H3,(H,25,27). The molecule has 1 N–H and O–H groups in total. The third kappa shape index (κ3) is 4.91. The Morgan fingerprint density at radius 3 is 2.86 bits per heavy atom. The Balaban J connectivity index is 1.53. The number of hydrogen-bond acceptors (Lipinski definition) is 3. The largest absolute Gasteiger partial charge is 0.338 e. The Bertz CT molecular complexity index is 872. The minimum absolute atomic E-state index is 0.0279. The Morgan fingerprint density at radius 1 is 1.29 bits per heavy atom. The molecule has 2 amide bonds. The molecule has 0 saturated carbocycles. The number of rotatable bonds is 5. The number of pyridine rings is 1. The van der Waals surface area contributed by atoms with Gasteiger partial charge in [-0.3, -0.25) is 14.6 Å². The highest BCUT2D eigenvalue weighted by molar-refractivity contribution is 5.94. The van der Waals surface area contributed by atoms with Gasteiger partial charge in [0.05, 0.1) is 11.8 Å². The predicted molar refractivity (Wildman–Crippen MR) is 102 cm³/mol. The highest BCUT2D eigenvalue weighted by Crippen LogP contribution is 2.24. The van der Waals surface area contributed by atoms with Gasteiger partial charge in [-0.05, 0) is 61.9 Å². The molecule has 2 heterocycles. The number of carbonyl (C=O) groups is 2. The fourth-order valence-corrected chi connectivity index (χ4v) is 3.52. The molecule has 2 aromatic rings. The number of nitrogens with zero attached hydrogens (tertiary/aromatic N) is 2. The third-order valence-electron chi connectivity index (χ3n) is 5.05. The SMILES string of the molecule is Cc1cc(F)ccc1NC(=O)CCC1CCCN(C(=O)c2ccncc2F)C1. The zero-order valence-corrected chi connectivity index (χ0v) is 15.8. The smallest absolute Gasteiger partial charge is 0.256 e. The number of carbonyl (C=O) groups excluding carboxylic acids is 2. The van der Waals surface area contributed by atoms with Crippen molar-refractivity contribution < 1.29 is 18.4 Å². The van der Waals surface area contributed by atoms with E-state index in [9.17, 15) is 18.4 Å². The predicted octanol–water partition coefficient (Wildman–Crippen LogP) is 3.94. The lowest BCUT2D eigenvalue weighted by Crippen LogP contribution is -2.40. The summed E-state index contributed by atoms with van der Waals surface area (Å²) in [5, 5.41) is 2.80. The number of aromatic nitrogens is 1. The molecular weight excluding hydrogens is 364 g/mol. The maximum atomic E-state index is 13.8. The fourth-order valence-electron chi connectivity index (χ4n) is 3.52. The molecule has 148 valence electrons. The van der Waals surface area contributed by atoms with E-state index in [1.165, 1.54) is 24.4 Å². The maximum Gasteiger partial charge on any atom is 0.256 e. The summed E-state index contributed by atoms with van der Waals surface area (Å²) in [5.74, 6) is -1.26. The van der Waals surface area contributed by atoms with Crippen molar-refractivity contribution in [1.82, 2.24) is 9.88 Å². The molecule has 0 radical (unpaired) electrons. The summed E-state index contributed by atoms with van der Waals surface area (Å²) in [6.07, 6.45) is 5.13. The van der Waals surface area contributed by atoms with Gasteiger partial charge in [0.15, 0.2) is 5.82 Å². The zero-order chi connectivity index (χ0) is 20.1. The summed E-state index contributed by atoms with van der Waals surface area (Å²) in [7, 11) is 0. The van der Waals surface area contributed by atoms with Gasteiger partial charge in [0, 0.05) is 31.4 Å². The molecule has 0 aliphatic carbocycles. The molecule has 1 atom stereocenters. The number of piperidine rings is 1. The molecule has 5 nitrogen and oxygen atoms in total. The number of anilines is 1. The number of benzene rings is 1. The Hall–Kier alpha value is -2.83. The van der Waals surface area contributed by atoms with Crippen molar-refractivity contribution in [2.75, 3.05) is 18.4 Å². The number of halogens is 2. The molecule has 1 unspecified atom stereocenters. The van der Waals surface area contributed by atoms with Gasteiger partial charge in [-0.1, -0.05) is 0 Å². The van der Waals surface area contributed by atoms with Gasteiger partial charge < -0.3 is 10.2 Å². The molecule has 1 aromatic carbocycles. The number of hydrogen-bond donors (Lipinski definition) is 1. The summed E-state index contributed by atoms with van der Waals surface area (Å²) in [6, 6.07) is 5.62. The minimum Gasteiger partial charge on any atom is -0.338 e. The van der Waals surface area contributed by atoms with Crippen LogP contribution in [0.15, 0.2) is 36.7 Å². The maximum absolute atomic E-state index is 13.8. The van der Waals surface area contributed by atoms with Gasteiger partial charge in [-0.25, -0.2) is 8.78 Å². The molecule has 1 fully saturated rings. The van der Waals surface area contributed by atoms with E-state index >= 15 is 0 Å². The fraction of sp³-hybridized carbons (Fsp3) is 0.381.